The molecule has 0 saturated carbocycles. The Bertz CT molecular complexity index is 1130. The van der Waals surface area contributed by atoms with E-state index in [1.54, 1.807) is 12.0 Å². The summed E-state index contributed by atoms with van der Waals surface area (Å²) >= 11 is 1.54. The zero-order valence-corrected chi connectivity index (χ0v) is 18.1. The Morgan fingerprint density at radius 2 is 1.90 bits per heavy atom. The summed E-state index contributed by atoms with van der Waals surface area (Å²) in [6.45, 7) is 5.13. The van der Waals surface area contributed by atoms with Gasteiger partial charge in [-0.05, 0) is 49.7 Å². The van der Waals surface area contributed by atoms with E-state index in [4.69, 9.17) is 9.72 Å². The Morgan fingerprint density at radius 1 is 1.13 bits per heavy atom. The normalized spacial score (nSPS) is 11.0. The molecule has 0 aliphatic rings. The van der Waals surface area contributed by atoms with Crippen LogP contribution in [0.25, 0.3) is 10.2 Å². The third-order valence-corrected chi connectivity index (χ3v) is 6.03. The zero-order valence-electron chi connectivity index (χ0n) is 17.3. The van der Waals surface area contributed by atoms with Gasteiger partial charge in [0.2, 0.25) is 5.91 Å². The highest BCUT2D eigenvalue weighted by molar-refractivity contribution is 7.22. The standard InChI is InChI=1S/C23H24N4O2S/c1-16-14-17(2)27(25-16)13-12-26(23-24-20-6-4-5-7-21(20)30-23)22(28)15-18-8-10-19(29-3)11-9-18/h4-11,14H,12-13,15H2,1-3H3. The van der Waals surface area contributed by atoms with Crippen LogP contribution in [0.3, 0.4) is 0 Å². The largest absolute Gasteiger partial charge is 0.497 e. The zero-order chi connectivity index (χ0) is 21.1. The number of nitrogens with zero attached hydrogens (tertiary/aromatic N) is 4. The van der Waals surface area contributed by atoms with Gasteiger partial charge in [0.25, 0.3) is 0 Å². The van der Waals surface area contributed by atoms with Crippen molar-refractivity contribution >= 4 is 32.6 Å². The third-order valence-electron chi connectivity index (χ3n) is 4.97. The molecule has 0 radical (unpaired) electrons. The topological polar surface area (TPSA) is 60.2 Å². The average Bonchev–Trinajstić information content (AvgIpc) is 3.31. The lowest BCUT2D eigenvalue weighted by Crippen LogP contribution is -2.35. The number of carbonyl (C=O) groups excluding carboxylic acids is 1. The summed E-state index contributed by atoms with van der Waals surface area (Å²) in [6.07, 6.45) is 0.303. The minimum absolute atomic E-state index is 0.0146. The second-order valence-electron chi connectivity index (χ2n) is 7.18. The number of methoxy groups -OCH3 is 1. The van der Waals surface area contributed by atoms with E-state index in [-0.39, 0.29) is 5.91 Å². The van der Waals surface area contributed by atoms with Gasteiger partial charge in [-0.1, -0.05) is 35.6 Å². The molecule has 154 valence electrons. The molecule has 0 unspecified atom stereocenters. The molecular formula is C23H24N4O2S. The van der Waals surface area contributed by atoms with Crippen molar-refractivity contribution in [2.75, 3.05) is 18.6 Å². The Balaban J connectivity index is 1.59. The second-order valence-corrected chi connectivity index (χ2v) is 8.19. The summed E-state index contributed by atoms with van der Waals surface area (Å²) in [5.74, 6) is 0.791. The summed E-state index contributed by atoms with van der Waals surface area (Å²) in [4.78, 5) is 19.8. The minimum Gasteiger partial charge on any atom is -0.497 e. The number of hydrogen-bond acceptors (Lipinski definition) is 5. The first-order valence-electron chi connectivity index (χ1n) is 9.83. The molecule has 30 heavy (non-hydrogen) atoms. The van der Waals surface area contributed by atoms with Gasteiger partial charge in [0.1, 0.15) is 5.75 Å². The van der Waals surface area contributed by atoms with Crippen LogP contribution >= 0.6 is 11.3 Å². The van der Waals surface area contributed by atoms with Crippen LogP contribution in [0, 0.1) is 13.8 Å². The molecule has 1 amide bonds. The first kappa shape index (κ1) is 20.1. The van der Waals surface area contributed by atoms with Gasteiger partial charge in [-0.25, -0.2) is 4.98 Å². The average molecular weight is 421 g/mol. The van der Waals surface area contributed by atoms with Gasteiger partial charge in [0.15, 0.2) is 5.13 Å². The Morgan fingerprint density at radius 3 is 2.57 bits per heavy atom. The molecular weight excluding hydrogens is 396 g/mol. The maximum Gasteiger partial charge on any atom is 0.233 e. The Labute approximate surface area is 179 Å². The van der Waals surface area contributed by atoms with E-state index < -0.39 is 0 Å². The van der Waals surface area contributed by atoms with Gasteiger partial charge in [0, 0.05) is 12.2 Å². The number of aromatic nitrogens is 3. The van der Waals surface area contributed by atoms with Crippen LogP contribution < -0.4 is 9.64 Å². The molecule has 4 aromatic rings. The number of amides is 1. The summed E-state index contributed by atoms with van der Waals surface area (Å²) in [6, 6.07) is 17.6. The van der Waals surface area contributed by atoms with E-state index >= 15 is 0 Å². The highest BCUT2D eigenvalue weighted by atomic mass is 32.1. The number of rotatable bonds is 7. The molecule has 0 spiro atoms. The number of thiazole rings is 1. The minimum atomic E-state index is 0.0146. The van der Waals surface area contributed by atoms with Crippen molar-refractivity contribution in [2.45, 2.75) is 26.8 Å². The predicted octanol–water partition coefficient (Wildman–Crippen LogP) is 4.39. The quantitative estimate of drug-likeness (QED) is 0.445. The molecule has 0 aliphatic heterocycles. The molecule has 2 aromatic carbocycles. The number of carbonyl (C=O) groups is 1. The number of para-hydroxylation sites is 1. The van der Waals surface area contributed by atoms with Crippen molar-refractivity contribution in [2.24, 2.45) is 0 Å². The Kier molecular flexibility index (Phi) is 5.81. The molecule has 0 atom stereocenters. The summed E-state index contributed by atoms with van der Waals surface area (Å²) in [5.41, 5.74) is 3.91. The van der Waals surface area contributed by atoms with Crippen molar-refractivity contribution in [1.29, 1.82) is 0 Å². The Hall–Kier alpha value is -3.19. The number of ether oxygens (including phenoxy) is 1. The van der Waals surface area contributed by atoms with E-state index in [0.717, 1.165) is 38.0 Å². The van der Waals surface area contributed by atoms with E-state index in [1.807, 2.05) is 73.1 Å². The molecule has 0 N–H and O–H groups in total. The van der Waals surface area contributed by atoms with Crippen LogP contribution in [0.2, 0.25) is 0 Å². The van der Waals surface area contributed by atoms with E-state index in [1.165, 1.54) is 11.3 Å². The van der Waals surface area contributed by atoms with Crippen molar-refractivity contribution in [1.82, 2.24) is 14.8 Å². The second kappa shape index (κ2) is 8.67. The number of hydrogen-bond donors (Lipinski definition) is 0. The van der Waals surface area contributed by atoms with Crippen LogP contribution in [0.4, 0.5) is 5.13 Å². The fraction of sp³-hybridized carbons (Fsp3) is 0.261. The van der Waals surface area contributed by atoms with E-state index in [0.29, 0.717) is 19.5 Å². The fourth-order valence-electron chi connectivity index (χ4n) is 3.41. The van der Waals surface area contributed by atoms with Crippen molar-refractivity contribution in [3.63, 3.8) is 0 Å². The van der Waals surface area contributed by atoms with E-state index in [9.17, 15) is 4.79 Å². The predicted molar refractivity (Wildman–Crippen MR) is 120 cm³/mol. The van der Waals surface area contributed by atoms with Crippen molar-refractivity contribution in [3.8, 4) is 5.75 Å². The highest BCUT2D eigenvalue weighted by Crippen LogP contribution is 2.29. The van der Waals surface area contributed by atoms with Gasteiger partial charge in [-0.3, -0.25) is 14.4 Å². The lowest BCUT2D eigenvalue weighted by atomic mass is 10.1. The molecule has 7 heteroatoms. The smallest absolute Gasteiger partial charge is 0.233 e. The highest BCUT2D eigenvalue weighted by Gasteiger charge is 2.20. The molecule has 0 saturated heterocycles. The van der Waals surface area contributed by atoms with Gasteiger partial charge in [-0.15, -0.1) is 0 Å². The SMILES string of the molecule is COc1ccc(CC(=O)N(CCn2nc(C)cc2C)c2nc3ccccc3s2)cc1. The van der Waals surface area contributed by atoms with Crippen LogP contribution in [0.1, 0.15) is 17.0 Å². The summed E-state index contributed by atoms with van der Waals surface area (Å²) in [5, 5.41) is 5.25. The fourth-order valence-corrected chi connectivity index (χ4v) is 4.42. The van der Waals surface area contributed by atoms with Gasteiger partial charge < -0.3 is 4.74 Å². The first-order chi connectivity index (χ1) is 14.5. The van der Waals surface area contributed by atoms with Crippen molar-refractivity contribution in [3.05, 3.63) is 71.5 Å². The molecule has 6 nitrogen and oxygen atoms in total. The molecule has 0 aliphatic carbocycles. The van der Waals surface area contributed by atoms with Crippen LogP contribution in [-0.2, 0) is 17.8 Å². The van der Waals surface area contributed by atoms with Crippen LogP contribution in [-0.4, -0.2) is 34.3 Å². The number of fused-ring (bicyclic) bond motifs is 1. The molecule has 4 rings (SSSR count). The number of anilines is 1. The molecule has 2 aromatic heterocycles. The molecule has 2 heterocycles. The lowest BCUT2D eigenvalue weighted by Gasteiger charge is -2.20. The first-order valence-corrected chi connectivity index (χ1v) is 10.6. The molecule has 0 fully saturated rings. The van der Waals surface area contributed by atoms with Crippen molar-refractivity contribution < 1.29 is 9.53 Å². The summed E-state index contributed by atoms with van der Waals surface area (Å²) < 4.78 is 8.22. The molecule has 0 bridgehead atoms. The van der Waals surface area contributed by atoms with Gasteiger partial charge in [-0.2, -0.15) is 5.10 Å². The maximum atomic E-state index is 13.3. The van der Waals surface area contributed by atoms with Gasteiger partial charge in [0.05, 0.1) is 36.0 Å². The van der Waals surface area contributed by atoms with Crippen LogP contribution in [0.15, 0.2) is 54.6 Å². The summed E-state index contributed by atoms with van der Waals surface area (Å²) in [7, 11) is 1.63. The lowest BCUT2D eigenvalue weighted by molar-refractivity contribution is -0.118. The third kappa shape index (κ3) is 4.36. The van der Waals surface area contributed by atoms with Crippen LogP contribution in [0.5, 0.6) is 5.75 Å². The monoisotopic (exact) mass is 420 g/mol. The maximum absolute atomic E-state index is 13.3. The van der Waals surface area contributed by atoms with E-state index in [2.05, 4.69) is 5.10 Å². The number of benzene rings is 2. The van der Waals surface area contributed by atoms with Gasteiger partial charge >= 0.3 is 0 Å². The number of aryl methyl sites for hydroxylation is 2.